The zero-order valence-corrected chi connectivity index (χ0v) is 11.3. The lowest BCUT2D eigenvalue weighted by Crippen LogP contribution is -2.39. The van der Waals surface area contributed by atoms with E-state index in [2.05, 4.69) is 17.4 Å². The molecule has 2 fully saturated rings. The molecule has 2 saturated carbocycles. The zero-order valence-electron chi connectivity index (χ0n) is 10.5. The van der Waals surface area contributed by atoms with Gasteiger partial charge in [0.25, 0.3) is 0 Å². The number of carbonyl (C=O) groups excluding carboxylic acids is 1. The van der Waals surface area contributed by atoms with Crippen molar-refractivity contribution in [2.75, 3.05) is 5.75 Å². The molecule has 0 spiro atoms. The summed E-state index contributed by atoms with van der Waals surface area (Å²) in [7, 11) is 0. The van der Waals surface area contributed by atoms with Crippen molar-refractivity contribution in [2.24, 2.45) is 11.8 Å². The quantitative estimate of drug-likeness (QED) is 0.844. The average molecular weight is 261 g/mol. The molecular weight excluding hydrogens is 242 g/mol. The summed E-state index contributed by atoms with van der Waals surface area (Å²) < 4.78 is 0. The van der Waals surface area contributed by atoms with Crippen LogP contribution in [0.2, 0.25) is 0 Å². The van der Waals surface area contributed by atoms with Gasteiger partial charge in [-0.1, -0.05) is 24.6 Å². The molecule has 1 aromatic carbocycles. The Bertz CT molecular complexity index is 420. The number of benzene rings is 1. The third-order valence-corrected chi connectivity index (χ3v) is 5.21. The second kappa shape index (κ2) is 5.35. The van der Waals surface area contributed by atoms with Gasteiger partial charge in [-0.15, -0.1) is 11.8 Å². The highest BCUT2D eigenvalue weighted by Gasteiger charge is 2.39. The second-order valence-corrected chi connectivity index (χ2v) is 6.50. The van der Waals surface area contributed by atoms with Crippen LogP contribution in [-0.4, -0.2) is 17.7 Å². The summed E-state index contributed by atoms with van der Waals surface area (Å²) in [5.74, 6) is 2.39. The van der Waals surface area contributed by atoms with Gasteiger partial charge in [0.1, 0.15) is 0 Å². The Morgan fingerprint density at radius 2 is 2.06 bits per heavy atom. The highest BCUT2D eigenvalue weighted by molar-refractivity contribution is 8.00. The molecule has 0 saturated heterocycles. The Kier molecular flexibility index (Phi) is 3.59. The summed E-state index contributed by atoms with van der Waals surface area (Å²) in [4.78, 5) is 13.1. The third kappa shape index (κ3) is 2.72. The summed E-state index contributed by atoms with van der Waals surface area (Å²) in [5.41, 5.74) is 0. The third-order valence-electron chi connectivity index (χ3n) is 4.20. The van der Waals surface area contributed by atoms with Crippen molar-refractivity contribution in [3.05, 3.63) is 30.3 Å². The summed E-state index contributed by atoms with van der Waals surface area (Å²) in [6.45, 7) is 0. The molecule has 3 atom stereocenters. The number of hydrogen-bond acceptors (Lipinski definition) is 2. The number of hydrogen-bond donors (Lipinski definition) is 1. The lowest BCUT2D eigenvalue weighted by Gasteiger charge is -2.22. The van der Waals surface area contributed by atoms with Crippen LogP contribution in [0.5, 0.6) is 0 Å². The Hall–Kier alpha value is -0.960. The van der Waals surface area contributed by atoms with Crippen LogP contribution in [0.15, 0.2) is 35.2 Å². The first-order chi connectivity index (χ1) is 8.81. The molecule has 2 aliphatic rings. The van der Waals surface area contributed by atoms with Gasteiger partial charge in [-0.3, -0.25) is 4.79 Å². The summed E-state index contributed by atoms with van der Waals surface area (Å²) >= 11 is 1.62. The van der Waals surface area contributed by atoms with E-state index in [4.69, 9.17) is 0 Å². The maximum absolute atomic E-state index is 11.9. The molecule has 0 aliphatic heterocycles. The molecule has 1 N–H and O–H groups in total. The number of amides is 1. The van der Waals surface area contributed by atoms with Crippen LogP contribution >= 0.6 is 11.8 Å². The van der Waals surface area contributed by atoms with Gasteiger partial charge in [0.05, 0.1) is 5.75 Å². The maximum atomic E-state index is 11.9. The van der Waals surface area contributed by atoms with E-state index < -0.39 is 0 Å². The van der Waals surface area contributed by atoms with E-state index in [9.17, 15) is 4.79 Å². The number of carbonyl (C=O) groups is 1. The topological polar surface area (TPSA) is 29.1 Å². The predicted molar refractivity (Wildman–Crippen MR) is 74.5 cm³/mol. The van der Waals surface area contributed by atoms with E-state index >= 15 is 0 Å². The van der Waals surface area contributed by atoms with Crippen LogP contribution in [0.25, 0.3) is 0 Å². The minimum Gasteiger partial charge on any atom is -0.352 e. The molecule has 0 unspecified atom stereocenters. The van der Waals surface area contributed by atoms with Crippen molar-refractivity contribution in [1.29, 1.82) is 0 Å². The SMILES string of the molecule is O=C(CSc1ccccc1)N[C@H]1C[C@H]2CC[C@@H]1C2. The Morgan fingerprint density at radius 1 is 1.22 bits per heavy atom. The highest BCUT2D eigenvalue weighted by atomic mass is 32.2. The van der Waals surface area contributed by atoms with Gasteiger partial charge in [0.2, 0.25) is 5.91 Å². The molecule has 1 amide bonds. The molecule has 1 aromatic rings. The first-order valence-electron chi connectivity index (χ1n) is 6.78. The minimum absolute atomic E-state index is 0.196. The zero-order chi connectivity index (χ0) is 12.4. The fourth-order valence-electron chi connectivity index (χ4n) is 3.34. The van der Waals surface area contributed by atoms with Crippen LogP contribution < -0.4 is 5.32 Å². The van der Waals surface area contributed by atoms with Crippen LogP contribution in [0.3, 0.4) is 0 Å². The van der Waals surface area contributed by atoms with Gasteiger partial charge in [0, 0.05) is 10.9 Å². The van der Waals surface area contributed by atoms with Gasteiger partial charge in [-0.25, -0.2) is 0 Å². The number of thioether (sulfide) groups is 1. The van der Waals surface area contributed by atoms with Crippen LogP contribution in [0.1, 0.15) is 25.7 Å². The summed E-state index contributed by atoms with van der Waals surface area (Å²) in [6, 6.07) is 10.6. The monoisotopic (exact) mass is 261 g/mol. The summed E-state index contributed by atoms with van der Waals surface area (Å²) in [6.07, 6.45) is 5.26. The number of fused-ring (bicyclic) bond motifs is 2. The van der Waals surface area contributed by atoms with Crippen molar-refractivity contribution in [1.82, 2.24) is 5.32 Å². The van der Waals surface area contributed by atoms with E-state index in [0.717, 1.165) is 11.8 Å². The van der Waals surface area contributed by atoms with Gasteiger partial charge >= 0.3 is 0 Å². The molecule has 2 bridgehead atoms. The molecule has 96 valence electrons. The molecule has 0 aromatic heterocycles. The lowest BCUT2D eigenvalue weighted by molar-refractivity contribution is -0.119. The first-order valence-corrected chi connectivity index (χ1v) is 7.77. The average Bonchev–Trinajstić information content (AvgIpc) is 3.00. The first kappa shape index (κ1) is 12.1. The van der Waals surface area contributed by atoms with Gasteiger partial charge in [0.15, 0.2) is 0 Å². The molecule has 3 rings (SSSR count). The highest BCUT2D eigenvalue weighted by Crippen LogP contribution is 2.44. The van der Waals surface area contributed by atoms with Crippen LogP contribution in [0, 0.1) is 11.8 Å². The molecule has 3 heteroatoms. The molecule has 18 heavy (non-hydrogen) atoms. The molecule has 0 radical (unpaired) electrons. The van der Waals surface area contributed by atoms with Crippen LogP contribution in [0.4, 0.5) is 0 Å². The smallest absolute Gasteiger partial charge is 0.230 e. The summed E-state index contributed by atoms with van der Waals surface area (Å²) in [5, 5.41) is 3.22. The standard InChI is InChI=1S/C15H19NOS/c17-15(10-18-13-4-2-1-3-5-13)16-14-9-11-6-7-12(14)8-11/h1-5,11-12,14H,6-10H2,(H,16,17)/t11-,12+,14-/m0/s1. The molecule has 2 aliphatic carbocycles. The molecule has 0 heterocycles. The van der Waals surface area contributed by atoms with Gasteiger partial charge < -0.3 is 5.32 Å². The fraction of sp³-hybridized carbons (Fsp3) is 0.533. The van der Waals surface area contributed by atoms with Crippen molar-refractivity contribution in [3.63, 3.8) is 0 Å². The molecular formula is C15H19NOS. The van der Waals surface area contributed by atoms with Crippen molar-refractivity contribution in [2.45, 2.75) is 36.6 Å². The number of nitrogens with one attached hydrogen (secondary N) is 1. The van der Waals surface area contributed by atoms with Crippen LogP contribution in [-0.2, 0) is 4.79 Å². The minimum atomic E-state index is 0.196. The van der Waals surface area contributed by atoms with Gasteiger partial charge in [-0.05, 0) is 43.2 Å². The Labute approximate surface area is 113 Å². The second-order valence-electron chi connectivity index (χ2n) is 5.45. The molecule has 2 nitrogen and oxygen atoms in total. The maximum Gasteiger partial charge on any atom is 0.230 e. The van der Waals surface area contributed by atoms with E-state index in [1.807, 2.05) is 18.2 Å². The predicted octanol–water partition coefficient (Wildman–Crippen LogP) is 3.08. The van der Waals surface area contributed by atoms with Gasteiger partial charge in [-0.2, -0.15) is 0 Å². The van der Waals surface area contributed by atoms with Crippen molar-refractivity contribution >= 4 is 17.7 Å². The Balaban J connectivity index is 1.45. The Morgan fingerprint density at radius 3 is 2.72 bits per heavy atom. The van der Waals surface area contributed by atoms with E-state index in [1.165, 1.54) is 30.6 Å². The van der Waals surface area contributed by atoms with E-state index in [0.29, 0.717) is 11.8 Å². The van der Waals surface area contributed by atoms with Crippen molar-refractivity contribution in [3.8, 4) is 0 Å². The van der Waals surface area contributed by atoms with E-state index in [-0.39, 0.29) is 5.91 Å². The fourth-order valence-corrected chi connectivity index (χ4v) is 4.07. The van der Waals surface area contributed by atoms with Crippen molar-refractivity contribution < 1.29 is 4.79 Å². The van der Waals surface area contributed by atoms with E-state index in [1.54, 1.807) is 11.8 Å². The largest absolute Gasteiger partial charge is 0.352 e. The lowest BCUT2D eigenvalue weighted by atomic mass is 9.95. The normalized spacial score (nSPS) is 29.4. The number of rotatable bonds is 4.